The maximum absolute atomic E-state index is 11.0. The normalized spacial score (nSPS) is 13.1. The summed E-state index contributed by atoms with van der Waals surface area (Å²) in [7, 11) is 3.64. The summed E-state index contributed by atoms with van der Waals surface area (Å²) in [5.74, 6) is 0.261. The molecule has 0 aliphatic heterocycles. The molecule has 3 heteroatoms. The lowest BCUT2D eigenvalue weighted by atomic mass is 10.1. The van der Waals surface area contributed by atoms with Gasteiger partial charge in [0.1, 0.15) is 0 Å². The van der Waals surface area contributed by atoms with Crippen molar-refractivity contribution in [2.45, 2.75) is 19.4 Å². The Balaban J connectivity index is 3.68. The first-order valence-electron chi connectivity index (χ1n) is 3.60. The minimum absolute atomic E-state index is 0.0185. The van der Waals surface area contributed by atoms with Crippen molar-refractivity contribution < 1.29 is 4.79 Å². The van der Waals surface area contributed by atoms with Crippen molar-refractivity contribution in [2.75, 3.05) is 20.6 Å². The van der Waals surface area contributed by atoms with E-state index in [1.807, 2.05) is 14.0 Å². The smallest absolute Gasteiger partial charge is 0.150 e. The lowest BCUT2D eigenvalue weighted by Crippen LogP contribution is -2.41. The predicted molar refractivity (Wildman–Crippen MR) is 42.1 cm³/mol. The Kier molecular flexibility index (Phi) is 5.16. The second-order valence-corrected chi connectivity index (χ2v) is 2.22. The molecule has 0 heterocycles. The highest BCUT2D eigenvalue weighted by molar-refractivity contribution is 5.83. The van der Waals surface area contributed by atoms with Crippen molar-refractivity contribution in [2.24, 2.45) is 0 Å². The largest absolute Gasteiger partial charge is 0.318 e. The van der Waals surface area contributed by atoms with Crippen molar-refractivity contribution in [3.05, 3.63) is 0 Å². The number of likely N-dealkylation sites (N-methyl/N-ethyl adjacent to an activating group) is 2. The number of Topliss-reactive ketones (excluding diaryl/α,β-unsaturated/α-hetero) is 1. The third kappa shape index (κ3) is 2.94. The molecule has 0 aromatic rings. The van der Waals surface area contributed by atoms with Gasteiger partial charge in [-0.25, -0.2) is 0 Å². The van der Waals surface area contributed by atoms with E-state index in [4.69, 9.17) is 0 Å². The lowest BCUT2D eigenvalue weighted by molar-refractivity contribution is -0.120. The molecule has 0 aromatic carbocycles. The Morgan fingerprint density at radius 1 is 1.50 bits per heavy atom. The van der Waals surface area contributed by atoms with Crippen LogP contribution in [-0.2, 0) is 4.79 Å². The highest BCUT2D eigenvalue weighted by atomic mass is 16.1. The fourth-order valence-corrected chi connectivity index (χ4v) is 0.827. The van der Waals surface area contributed by atoms with Gasteiger partial charge in [-0.05, 0) is 14.1 Å². The molecule has 0 radical (unpaired) electrons. The molecule has 0 aromatic heterocycles. The van der Waals surface area contributed by atoms with E-state index in [2.05, 4.69) is 10.6 Å². The predicted octanol–water partition coefficient (Wildman–Crippen LogP) is -0.227. The molecular formula is C7H16N2O. The number of rotatable bonds is 5. The molecule has 0 saturated heterocycles. The first-order valence-corrected chi connectivity index (χ1v) is 3.60. The van der Waals surface area contributed by atoms with Gasteiger partial charge in [0.05, 0.1) is 6.04 Å². The zero-order valence-corrected chi connectivity index (χ0v) is 6.90. The number of hydrogen-bond donors (Lipinski definition) is 2. The van der Waals surface area contributed by atoms with Gasteiger partial charge >= 0.3 is 0 Å². The Labute approximate surface area is 62.2 Å². The maximum atomic E-state index is 11.0. The number of ketones is 1. The van der Waals surface area contributed by atoms with Crippen LogP contribution in [0.3, 0.4) is 0 Å². The van der Waals surface area contributed by atoms with Crippen LogP contribution in [-0.4, -0.2) is 32.5 Å². The topological polar surface area (TPSA) is 41.1 Å². The molecule has 2 N–H and O–H groups in total. The van der Waals surface area contributed by atoms with Crippen molar-refractivity contribution in [1.29, 1.82) is 0 Å². The van der Waals surface area contributed by atoms with E-state index >= 15 is 0 Å². The highest BCUT2D eigenvalue weighted by Gasteiger charge is 2.11. The second kappa shape index (κ2) is 5.38. The molecule has 0 bridgehead atoms. The van der Waals surface area contributed by atoms with E-state index in [-0.39, 0.29) is 11.8 Å². The van der Waals surface area contributed by atoms with Crippen LogP contribution in [0.15, 0.2) is 0 Å². The fourth-order valence-electron chi connectivity index (χ4n) is 0.827. The molecule has 60 valence electrons. The Hall–Kier alpha value is -0.410. The minimum atomic E-state index is -0.0185. The van der Waals surface area contributed by atoms with Crippen LogP contribution in [0, 0.1) is 0 Å². The standard InChI is InChI=1S/C7H16N2O/c1-4-7(10)6(9-3)5-8-2/h6,8-9H,4-5H2,1-3H3. The SMILES string of the molecule is CCC(=O)C(CNC)NC. The van der Waals surface area contributed by atoms with Gasteiger partial charge in [-0.3, -0.25) is 4.79 Å². The molecule has 10 heavy (non-hydrogen) atoms. The molecule has 1 unspecified atom stereocenters. The average Bonchev–Trinajstić information content (AvgIpc) is 1.99. The molecule has 0 rings (SSSR count). The molecule has 1 atom stereocenters. The zero-order valence-electron chi connectivity index (χ0n) is 6.90. The van der Waals surface area contributed by atoms with E-state index in [0.29, 0.717) is 13.0 Å². The molecule has 0 saturated carbocycles. The Morgan fingerprint density at radius 2 is 2.10 bits per heavy atom. The molecule has 0 spiro atoms. The van der Waals surface area contributed by atoms with Crippen LogP contribution in [0.5, 0.6) is 0 Å². The van der Waals surface area contributed by atoms with E-state index in [9.17, 15) is 4.79 Å². The molecule has 3 nitrogen and oxygen atoms in total. The van der Waals surface area contributed by atoms with E-state index in [1.54, 1.807) is 7.05 Å². The lowest BCUT2D eigenvalue weighted by Gasteiger charge is -2.12. The van der Waals surface area contributed by atoms with Crippen molar-refractivity contribution in [1.82, 2.24) is 10.6 Å². The van der Waals surface area contributed by atoms with Crippen LogP contribution in [0.4, 0.5) is 0 Å². The van der Waals surface area contributed by atoms with E-state index in [1.165, 1.54) is 0 Å². The maximum Gasteiger partial charge on any atom is 0.150 e. The molecule has 0 aliphatic carbocycles. The van der Waals surface area contributed by atoms with Crippen LogP contribution in [0.1, 0.15) is 13.3 Å². The summed E-state index contributed by atoms with van der Waals surface area (Å²) in [5, 5.41) is 5.89. The van der Waals surface area contributed by atoms with Gasteiger partial charge in [0.15, 0.2) is 5.78 Å². The monoisotopic (exact) mass is 144 g/mol. The minimum Gasteiger partial charge on any atom is -0.318 e. The molecule has 0 fully saturated rings. The van der Waals surface area contributed by atoms with Crippen LogP contribution < -0.4 is 10.6 Å². The quantitative estimate of drug-likeness (QED) is 0.560. The van der Waals surface area contributed by atoms with Crippen LogP contribution in [0.25, 0.3) is 0 Å². The zero-order chi connectivity index (χ0) is 7.98. The highest BCUT2D eigenvalue weighted by Crippen LogP contribution is 1.87. The summed E-state index contributed by atoms with van der Waals surface area (Å²) in [6, 6.07) is -0.0185. The van der Waals surface area contributed by atoms with Gasteiger partial charge in [0.25, 0.3) is 0 Å². The van der Waals surface area contributed by atoms with Crippen molar-refractivity contribution >= 4 is 5.78 Å². The summed E-state index contributed by atoms with van der Waals surface area (Å²) >= 11 is 0. The third-order valence-electron chi connectivity index (χ3n) is 1.49. The number of nitrogens with one attached hydrogen (secondary N) is 2. The summed E-state index contributed by atoms with van der Waals surface area (Å²) in [6.45, 7) is 2.59. The average molecular weight is 144 g/mol. The Morgan fingerprint density at radius 3 is 2.40 bits per heavy atom. The van der Waals surface area contributed by atoms with Crippen LogP contribution in [0.2, 0.25) is 0 Å². The van der Waals surface area contributed by atoms with Gasteiger partial charge in [-0.15, -0.1) is 0 Å². The first-order chi connectivity index (χ1) is 4.76. The number of carbonyl (C=O) groups excluding carboxylic acids is 1. The summed E-state index contributed by atoms with van der Waals surface area (Å²) in [5.41, 5.74) is 0. The molecule has 0 aliphatic rings. The summed E-state index contributed by atoms with van der Waals surface area (Å²) < 4.78 is 0. The molecule has 0 amide bonds. The summed E-state index contributed by atoms with van der Waals surface area (Å²) in [4.78, 5) is 11.0. The van der Waals surface area contributed by atoms with Gasteiger partial charge in [-0.2, -0.15) is 0 Å². The Bertz CT molecular complexity index is 104. The second-order valence-electron chi connectivity index (χ2n) is 2.22. The molecular weight excluding hydrogens is 128 g/mol. The first kappa shape index (κ1) is 9.59. The van der Waals surface area contributed by atoms with E-state index < -0.39 is 0 Å². The van der Waals surface area contributed by atoms with Crippen molar-refractivity contribution in [3.8, 4) is 0 Å². The van der Waals surface area contributed by atoms with Gasteiger partial charge < -0.3 is 10.6 Å². The summed E-state index contributed by atoms with van der Waals surface area (Å²) in [6.07, 6.45) is 0.604. The third-order valence-corrected chi connectivity index (χ3v) is 1.49. The number of hydrogen-bond acceptors (Lipinski definition) is 3. The van der Waals surface area contributed by atoms with Gasteiger partial charge in [0, 0.05) is 13.0 Å². The van der Waals surface area contributed by atoms with E-state index in [0.717, 1.165) is 0 Å². The van der Waals surface area contributed by atoms with Crippen LogP contribution >= 0.6 is 0 Å². The van der Waals surface area contributed by atoms with Gasteiger partial charge in [-0.1, -0.05) is 6.92 Å². The number of carbonyl (C=O) groups is 1. The van der Waals surface area contributed by atoms with Crippen molar-refractivity contribution in [3.63, 3.8) is 0 Å². The fraction of sp³-hybridized carbons (Fsp3) is 0.857. The van der Waals surface area contributed by atoms with Gasteiger partial charge in [0.2, 0.25) is 0 Å².